The minimum absolute atomic E-state index is 0.0510. The van der Waals surface area contributed by atoms with E-state index in [-0.39, 0.29) is 34.5 Å². The van der Waals surface area contributed by atoms with Gasteiger partial charge in [-0.25, -0.2) is 0 Å². The molecule has 0 heterocycles. The topological polar surface area (TPSA) is 90.2 Å². The lowest BCUT2D eigenvalue weighted by atomic mass is 10.3. The summed E-state index contributed by atoms with van der Waals surface area (Å²) >= 11 is 0. The van der Waals surface area contributed by atoms with Crippen molar-refractivity contribution >= 4 is 0 Å². The zero-order valence-electron chi connectivity index (χ0n) is 8.66. The molecule has 0 aliphatic rings. The predicted octanol–water partition coefficient (Wildman–Crippen LogP) is 2.30. The van der Waals surface area contributed by atoms with E-state index in [2.05, 4.69) is 0 Å². The van der Waals surface area contributed by atoms with Crippen molar-refractivity contribution in [3.05, 3.63) is 36.4 Å². The zero-order chi connectivity index (χ0) is 12.4. The average Bonchev–Trinajstić information content (AvgIpc) is 2.29. The summed E-state index contributed by atoms with van der Waals surface area (Å²) < 4.78 is 5.24. The summed E-state index contributed by atoms with van der Waals surface area (Å²) in [6.07, 6.45) is 0. The molecular formula is C12H10O5. The van der Waals surface area contributed by atoms with Gasteiger partial charge in [-0.1, -0.05) is 0 Å². The maximum absolute atomic E-state index is 9.47. The molecule has 0 amide bonds. The molecule has 0 aliphatic heterocycles. The molecule has 5 heteroatoms. The second-order valence-electron chi connectivity index (χ2n) is 3.40. The molecule has 0 saturated heterocycles. The molecule has 0 saturated carbocycles. The van der Waals surface area contributed by atoms with Crippen LogP contribution in [-0.4, -0.2) is 20.4 Å². The molecule has 0 aromatic heterocycles. The quantitative estimate of drug-likeness (QED) is 0.473. The Labute approximate surface area is 96.8 Å². The number of ether oxygens (including phenoxy) is 1. The van der Waals surface area contributed by atoms with Crippen molar-refractivity contribution in [3.63, 3.8) is 0 Å². The molecular weight excluding hydrogens is 224 g/mol. The number of phenolic OH excluding ortho intramolecular Hbond substituents is 4. The molecule has 5 nitrogen and oxygen atoms in total. The van der Waals surface area contributed by atoms with Crippen LogP contribution in [0.1, 0.15) is 0 Å². The number of phenols is 4. The molecule has 0 bridgehead atoms. The zero-order valence-corrected chi connectivity index (χ0v) is 8.66. The summed E-state index contributed by atoms with van der Waals surface area (Å²) in [5.41, 5.74) is 0. The molecule has 2 aromatic rings. The van der Waals surface area contributed by atoms with Crippen LogP contribution in [-0.2, 0) is 0 Å². The smallest absolute Gasteiger partial charge is 0.172 e. The molecule has 0 spiro atoms. The van der Waals surface area contributed by atoms with Crippen LogP contribution in [0.15, 0.2) is 36.4 Å². The second kappa shape index (κ2) is 4.13. The van der Waals surface area contributed by atoms with Crippen LogP contribution in [0.2, 0.25) is 0 Å². The van der Waals surface area contributed by atoms with Gasteiger partial charge in [0.1, 0.15) is 11.5 Å². The first-order valence-corrected chi connectivity index (χ1v) is 4.78. The second-order valence-corrected chi connectivity index (χ2v) is 3.40. The standard InChI is InChI=1S/C12H10O5/c13-7-1-3-10(15)12(5-7)17-8-2-4-9(14)11(16)6-8/h1-6,13-16H. The molecule has 0 atom stereocenters. The summed E-state index contributed by atoms with van der Waals surface area (Å²) in [5, 5.41) is 37.1. The Morgan fingerprint density at radius 1 is 0.706 bits per heavy atom. The van der Waals surface area contributed by atoms with Gasteiger partial charge in [0.05, 0.1) is 0 Å². The third kappa shape index (κ3) is 2.34. The van der Waals surface area contributed by atoms with E-state index in [0.717, 1.165) is 0 Å². The van der Waals surface area contributed by atoms with Crippen molar-refractivity contribution in [2.75, 3.05) is 0 Å². The van der Waals surface area contributed by atoms with Gasteiger partial charge in [0.15, 0.2) is 23.0 Å². The van der Waals surface area contributed by atoms with Crippen molar-refractivity contribution in [2.24, 2.45) is 0 Å². The van der Waals surface area contributed by atoms with Crippen LogP contribution in [0.4, 0.5) is 0 Å². The lowest BCUT2D eigenvalue weighted by Gasteiger charge is -2.08. The van der Waals surface area contributed by atoms with E-state index in [9.17, 15) is 15.3 Å². The van der Waals surface area contributed by atoms with Crippen molar-refractivity contribution in [1.29, 1.82) is 0 Å². The monoisotopic (exact) mass is 234 g/mol. The van der Waals surface area contributed by atoms with Gasteiger partial charge in [-0.2, -0.15) is 0 Å². The molecule has 88 valence electrons. The Morgan fingerprint density at radius 3 is 2.12 bits per heavy atom. The Kier molecular flexibility index (Phi) is 2.66. The van der Waals surface area contributed by atoms with E-state index in [1.54, 1.807) is 0 Å². The molecule has 2 aromatic carbocycles. The maximum atomic E-state index is 9.47. The summed E-state index contributed by atoms with van der Waals surface area (Å²) in [4.78, 5) is 0. The van der Waals surface area contributed by atoms with E-state index >= 15 is 0 Å². The Bertz CT molecular complexity index is 551. The van der Waals surface area contributed by atoms with Gasteiger partial charge >= 0.3 is 0 Å². The van der Waals surface area contributed by atoms with E-state index in [1.165, 1.54) is 36.4 Å². The highest BCUT2D eigenvalue weighted by atomic mass is 16.5. The summed E-state index contributed by atoms with van der Waals surface area (Å²) in [6, 6.07) is 7.70. The third-order valence-corrected chi connectivity index (χ3v) is 2.12. The van der Waals surface area contributed by atoms with Crippen LogP contribution in [0.3, 0.4) is 0 Å². The number of aromatic hydroxyl groups is 4. The molecule has 0 fully saturated rings. The van der Waals surface area contributed by atoms with E-state index in [1.807, 2.05) is 0 Å². The molecule has 0 unspecified atom stereocenters. The van der Waals surface area contributed by atoms with Gasteiger partial charge in [-0.05, 0) is 24.3 Å². The van der Waals surface area contributed by atoms with Gasteiger partial charge in [-0.3, -0.25) is 0 Å². The number of benzene rings is 2. The normalized spacial score (nSPS) is 10.1. The average molecular weight is 234 g/mol. The van der Waals surface area contributed by atoms with Crippen LogP contribution in [0, 0.1) is 0 Å². The Balaban J connectivity index is 2.31. The Morgan fingerprint density at radius 2 is 1.41 bits per heavy atom. The molecule has 4 N–H and O–H groups in total. The fraction of sp³-hybridized carbons (Fsp3) is 0. The predicted molar refractivity (Wildman–Crippen MR) is 59.6 cm³/mol. The number of rotatable bonds is 2. The lowest BCUT2D eigenvalue weighted by Crippen LogP contribution is -1.84. The van der Waals surface area contributed by atoms with Crippen LogP contribution in [0.5, 0.6) is 34.5 Å². The first-order chi connectivity index (χ1) is 8.06. The fourth-order valence-corrected chi connectivity index (χ4v) is 1.28. The van der Waals surface area contributed by atoms with Crippen molar-refractivity contribution < 1.29 is 25.2 Å². The molecule has 0 aliphatic carbocycles. The first-order valence-electron chi connectivity index (χ1n) is 4.78. The SMILES string of the molecule is Oc1ccc(O)c(Oc2ccc(O)c(O)c2)c1. The van der Waals surface area contributed by atoms with E-state index in [0.29, 0.717) is 0 Å². The highest BCUT2D eigenvalue weighted by molar-refractivity contribution is 5.49. The Hall–Kier alpha value is -2.56. The third-order valence-electron chi connectivity index (χ3n) is 2.12. The van der Waals surface area contributed by atoms with Gasteiger partial charge in [0.2, 0.25) is 0 Å². The van der Waals surface area contributed by atoms with Crippen LogP contribution < -0.4 is 4.74 Å². The van der Waals surface area contributed by atoms with Crippen molar-refractivity contribution in [1.82, 2.24) is 0 Å². The minimum Gasteiger partial charge on any atom is -0.508 e. The van der Waals surface area contributed by atoms with Crippen molar-refractivity contribution in [2.45, 2.75) is 0 Å². The first kappa shape index (κ1) is 10.9. The lowest BCUT2D eigenvalue weighted by molar-refractivity contribution is 0.388. The van der Waals surface area contributed by atoms with Gasteiger partial charge in [0.25, 0.3) is 0 Å². The molecule has 0 radical (unpaired) electrons. The van der Waals surface area contributed by atoms with Crippen LogP contribution in [0.25, 0.3) is 0 Å². The summed E-state index contributed by atoms with van der Waals surface area (Å²) in [5.74, 6) is -0.521. The van der Waals surface area contributed by atoms with Gasteiger partial charge in [0, 0.05) is 12.1 Å². The number of hydrogen-bond donors (Lipinski definition) is 4. The summed E-state index contributed by atoms with van der Waals surface area (Å²) in [7, 11) is 0. The summed E-state index contributed by atoms with van der Waals surface area (Å²) in [6.45, 7) is 0. The largest absolute Gasteiger partial charge is 0.508 e. The number of hydrogen-bond acceptors (Lipinski definition) is 5. The van der Waals surface area contributed by atoms with E-state index in [4.69, 9.17) is 9.84 Å². The van der Waals surface area contributed by atoms with Crippen molar-refractivity contribution in [3.8, 4) is 34.5 Å². The van der Waals surface area contributed by atoms with Gasteiger partial charge < -0.3 is 25.2 Å². The maximum Gasteiger partial charge on any atom is 0.172 e. The molecule has 17 heavy (non-hydrogen) atoms. The highest BCUT2D eigenvalue weighted by Gasteiger charge is 2.07. The minimum atomic E-state index is -0.331. The van der Waals surface area contributed by atoms with E-state index < -0.39 is 0 Å². The van der Waals surface area contributed by atoms with Crippen LogP contribution >= 0.6 is 0 Å². The van der Waals surface area contributed by atoms with Gasteiger partial charge in [-0.15, -0.1) is 0 Å². The highest BCUT2D eigenvalue weighted by Crippen LogP contribution is 2.36. The fourth-order valence-electron chi connectivity index (χ4n) is 1.28. The molecule has 2 rings (SSSR count).